The topological polar surface area (TPSA) is 69.7 Å². The predicted molar refractivity (Wildman–Crippen MR) is 66.7 cm³/mol. The van der Waals surface area contributed by atoms with Gasteiger partial charge in [-0.1, -0.05) is 0 Å². The van der Waals surface area contributed by atoms with Gasteiger partial charge in [0.1, 0.15) is 0 Å². The van der Waals surface area contributed by atoms with E-state index < -0.39 is 17.7 Å². The summed E-state index contributed by atoms with van der Waals surface area (Å²) in [7, 11) is 0. The van der Waals surface area contributed by atoms with Gasteiger partial charge in [0.25, 0.3) is 5.78 Å². The second-order valence-corrected chi connectivity index (χ2v) is 5.10. The highest BCUT2D eigenvalue weighted by atomic mass is 79.9. The number of ether oxygens (including phenoxy) is 2. The Morgan fingerprint density at radius 2 is 2.22 bits per heavy atom. The van der Waals surface area contributed by atoms with E-state index in [1.807, 2.05) is 0 Å². The number of carbonyl (C=O) groups excluding carboxylic acids is 3. The molecular weight excluding hydrogens is 324 g/mol. The smallest absolute Gasteiger partial charge is 0.385 e. The van der Waals surface area contributed by atoms with Crippen LogP contribution in [0.1, 0.15) is 11.8 Å². The Hall–Kier alpha value is -1.47. The van der Waals surface area contributed by atoms with Gasteiger partial charge in [-0.2, -0.15) is 0 Å². The van der Waals surface area contributed by atoms with E-state index in [4.69, 9.17) is 9.47 Å². The average Bonchev–Trinajstić information content (AvgIpc) is 2.85. The van der Waals surface area contributed by atoms with E-state index >= 15 is 0 Å². The minimum atomic E-state index is -1.06. The Bertz CT molecular complexity index is 572. The summed E-state index contributed by atoms with van der Waals surface area (Å²) in [4.78, 5) is 35.0. The van der Waals surface area contributed by atoms with Crippen LogP contribution in [0.15, 0.2) is 21.5 Å². The lowest BCUT2D eigenvalue weighted by molar-refractivity contribution is -0.147. The zero-order valence-electron chi connectivity index (χ0n) is 9.19. The first kappa shape index (κ1) is 13.0. The number of rotatable bonds is 3. The molecule has 94 valence electrons. The van der Waals surface area contributed by atoms with E-state index in [1.54, 1.807) is 18.4 Å². The van der Waals surface area contributed by atoms with Gasteiger partial charge < -0.3 is 9.47 Å². The molecule has 0 aliphatic carbocycles. The third-order valence-corrected chi connectivity index (χ3v) is 3.79. The first-order valence-electron chi connectivity index (χ1n) is 4.97. The van der Waals surface area contributed by atoms with Gasteiger partial charge >= 0.3 is 11.9 Å². The molecule has 0 saturated carbocycles. The molecule has 0 aromatic carbocycles. The molecule has 0 bridgehead atoms. The Morgan fingerprint density at radius 3 is 2.78 bits per heavy atom. The number of hydrogen-bond donors (Lipinski definition) is 0. The number of ketones is 1. The molecule has 7 heteroatoms. The molecule has 1 aliphatic heterocycles. The quantitative estimate of drug-likeness (QED) is 0.481. The molecule has 2 heterocycles. The maximum Gasteiger partial charge on any atom is 0.385 e. The van der Waals surface area contributed by atoms with Gasteiger partial charge in [-0.3, -0.25) is 4.79 Å². The molecule has 0 fully saturated rings. The zero-order chi connectivity index (χ0) is 13.3. The monoisotopic (exact) mass is 330 g/mol. The summed E-state index contributed by atoms with van der Waals surface area (Å²) < 4.78 is 10.4. The Kier molecular flexibility index (Phi) is 3.63. The van der Waals surface area contributed by atoms with E-state index in [-0.39, 0.29) is 17.9 Å². The highest BCUT2D eigenvalue weighted by Crippen LogP contribution is 2.33. The first-order valence-corrected chi connectivity index (χ1v) is 6.64. The average molecular weight is 331 g/mol. The standard InChI is InChI=1S/C11H7BrO5S/c1-2-16-10(14)7-8(13)11(15)17-9(7)6-3-5(12)4-18-6/h3-4H,2H2,1H3. The second-order valence-electron chi connectivity index (χ2n) is 3.27. The van der Waals surface area contributed by atoms with E-state index in [9.17, 15) is 14.4 Å². The van der Waals surface area contributed by atoms with E-state index in [2.05, 4.69) is 15.9 Å². The fourth-order valence-electron chi connectivity index (χ4n) is 1.39. The molecule has 1 aromatic heterocycles. The summed E-state index contributed by atoms with van der Waals surface area (Å²) >= 11 is 4.49. The van der Waals surface area contributed by atoms with Crippen molar-refractivity contribution in [3.63, 3.8) is 0 Å². The molecule has 0 saturated heterocycles. The van der Waals surface area contributed by atoms with E-state index in [0.717, 1.165) is 4.47 Å². The van der Waals surface area contributed by atoms with Gasteiger partial charge in [-0.15, -0.1) is 11.3 Å². The zero-order valence-corrected chi connectivity index (χ0v) is 11.6. The number of esters is 2. The van der Waals surface area contributed by atoms with Crippen molar-refractivity contribution < 1.29 is 23.9 Å². The van der Waals surface area contributed by atoms with Crippen molar-refractivity contribution in [2.75, 3.05) is 6.61 Å². The first-order chi connectivity index (χ1) is 8.54. The van der Waals surface area contributed by atoms with Crippen molar-refractivity contribution >= 4 is 50.7 Å². The van der Waals surface area contributed by atoms with Gasteiger partial charge in [0.2, 0.25) is 0 Å². The third kappa shape index (κ3) is 2.23. The molecule has 2 rings (SSSR count). The third-order valence-electron chi connectivity index (χ3n) is 2.11. The summed E-state index contributed by atoms with van der Waals surface area (Å²) in [6, 6.07) is 1.66. The number of carbonyl (C=O) groups is 3. The summed E-state index contributed by atoms with van der Waals surface area (Å²) in [6.45, 7) is 1.73. The highest BCUT2D eigenvalue weighted by molar-refractivity contribution is 9.10. The summed E-state index contributed by atoms with van der Waals surface area (Å²) in [5.41, 5.74) is -0.337. The molecule has 0 radical (unpaired) electrons. The van der Waals surface area contributed by atoms with Crippen LogP contribution < -0.4 is 0 Å². The van der Waals surface area contributed by atoms with E-state index in [1.165, 1.54) is 11.3 Å². The minimum absolute atomic E-state index is 0.0286. The lowest BCUT2D eigenvalue weighted by Crippen LogP contribution is -2.17. The van der Waals surface area contributed by atoms with Gasteiger partial charge in [-0.25, -0.2) is 9.59 Å². The van der Waals surface area contributed by atoms with Crippen molar-refractivity contribution in [2.45, 2.75) is 6.92 Å². The van der Waals surface area contributed by atoms with Gasteiger partial charge in [0, 0.05) is 9.85 Å². The Balaban J connectivity index is 2.48. The molecule has 18 heavy (non-hydrogen) atoms. The van der Waals surface area contributed by atoms with Crippen LogP contribution in [-0.2, 0) is 23.9 Å². The number of cyclic esters (lactones) is 1. The van der Waals surface area contributed by atoms with Crippen LogP contribution in [0.3, 0.4) is 0 Å². The molecule has 5 nitrogen and oxygen atoms in total. The molecular formula is C11H7BrO5S. The van der Waals surface area contributed by atoms with Crippen LogP contribution in [0.5, 0.6) is 0 Å². The molecule has 0 N–H and O–H groups in total. The number of Topliss-reactive ketones (excluding diaryl/α,β-unsaturated/α-hetero) is 1. The molecule has 1 aromatic rings. The summed E-state index contributed by atoms with van der Waals surface area (Å²) in [5.74, 6) is -2.89. The second kappa shape index (κ2) is 5.03. The number of halogens is 1. The summed E-state index contributed by atoms with van der Waals surface area (Å²) in [6.07, 6.45) is 0. The summed E-state index contributed by atoms with van der Waals surface area (Å²) in [5, 5.41) is 1.75. The maximum atomic E-state index is 11.7. The van der Waals surface area contributed by atoms with Crippen molar-refractivity contribution in [3.8, 4) is 0 Å². The number of thiophene rings is 1. The predicted octanol–water partition coefficient (Wildman–Crippen LogP) is 1.91. The lowest BCUT2D eigenvalue weighted by atomic mass is 10.1. The van der Waals surface area contributed by atoms with Gasteiger partial charge in [-0.05, 0) is 28.9 Å². The van der Waals surface area contributed by atoms with E-state index in [0.29, 0.717) is 4.88 Å². The maximum absolute atomic E-state index is 11.7. The SMILES string of the molecule is CCOC(=O)C1=C(c2cc(Br)cs2)OC(=O)C1=O. The number of hydrogen-bond acceptors (Lipinski definition) is 6. The van der Waals surface area contributed by atoms with Crippen LogP contribution in [0.2, 0.25) is 0 Å². The molecule has 0 atom stereocenters. The van der Waals surface area contributed by atoms with Crippen molar-refractivity contribution in [1.29, 1.82) is 0 Å². The van der Waals surface area contributed by atoms with Crippen molar-refractivity contribution in [2.24, 2.45) is 0 Å². The van der Waals surface area contributed by atoms with Crippen molar-refractivity contribution in [3.05, 3.63) is 26.4 Å². The van der Waals surface area contributed by atoms with Gasteiger partial charge in [0.15, 0.2) is 11.3 Å². The molecule has 0 spiro atoms. The van der Waals surface area contributed by atoms with Gasteiger partial charge in [0.05, 0.1) is 11.5 Å². The fraction of sp³-hybridized carbons (Fsp3) is 0.182. The lowest BCUT2D eigenvalue weighted by Gasteiger charge is -2.01. The molecule has 1 aliphatic rings. The van der Waals surface area contributed by atoms with Crippen LogP contribution in [0, 0.1) is 0 Å². The molecule has 0 amide bonds. The van der Waals surface area contributed by atoms with Crippen LogP contribution in [-0.4, -0.2) is 24.3 Å². The van der Waals surface area contributed by atoms with Crippen LogP contribution in [0.4, 0.5) is 0 Å². The van der Waals surface area contributed by atoms with Crippen molar-refractivity contribution in [1.82, 2.24) is 0 Å². The Labute approximate surface area is 115 Å². The largest absolute Gasteiger partial charge is 0.462 e. The Morgan fingerprint density at radius 1 is 1.50 bits per heavy atom. The van der Waals surface area contributed by atoms with Crippen LogP contribution in [0.25, 0.3) is 5.76 Å². The molecule has 0 unspecified atom stereocenters. The van der Waals surface area contributed by atoms with Crippen LogP contribution >= 0.6 is 27.3 Å². The normalized spacial score (nSPS) is 15.0. The highest BCUT2D eigenvalue weighted by Gasteiger charge is 2.40. The minimum Gasteiger partial charge on any atom is -0.462 e. The fourth-order valence-corrected chi connectivity index (χ4v) is 2.80.